The molecule has 13 aromatic rings. The zero-order valence-corrected chi connectivity index (χ0v) is 34.8. The zero-order chi connectivity index (χ0) is 42.1. The summed E-state index contributed by atoms with van der Waals surface area (Å²) in [5.41, 5.74) is 16.6. The van der Waals surface area contributed by atoms with Gasteiger partial charge in [-0.05, 0) is 113 Å². The summed E-state index contributed by atoms with van der Waals surface area (Å²) >= 11 is 0. The summed E-state index contributed by atoms with van der Waals surface area (Å²) in [6.07, 6.45) is 0. The number of hydrogen-bond donors (Lipinski definition) is 0. The maximum Gasteiger partial charge on any atom is 0.137 e. The first-order valence-corrected chi connectivity index (χ1v) is 21.8. The van der Waals surface area contributed by atoms with Crippen LogP contribution >= 0.6 is 0 Å². The van der Waals surface area contributed by atoms with Gasteiger partial charge in [0.15, 0.2) is 0 Å². The second-order valence-electron chi connectivity index (χ2n) is 16.5. The van der Waals surface area contributed by atoms with Crippen molar-refractivity contribution >= 4 is 82.6 Å². The van der Waals surface area contributed by atoms with E-state index in [0.29, 0.717) is 0 Å². The van der Waals surface area contributed by atoms with Gasteiger partial charge in [0, 0.05) is 66.8 Å². The lowest BCUT2D eigenvalue weighted by Gasteiger charge is -2.26. The highest BCUT2D eigenvalue weighted by Crippen LogP contribution is 2.43. The average Bonchev–Trinajstić information content (AvgIpc) is 4.02. The Bertz CT molecular complexity index is 3820. The van der Waals surface area contributed by atoms with Crippen LogP contribution in [0.2, 0.25) is 0 Å². The second kappa shape index (κ2) is 14.5. The summed E-state index contributed by atoms with van der Waals surface area (Å²) in [5.74, 6) is 0. The molecular formula is C60H39N3O. The fourth-order valence-electron chi connectivity index (χ4n) is 9.92. The Morgan fingerprint density at radius 3 is 1.38 bits per heavy atom. The lowest BCUT2D eigenvalue weighted by Crippen LogP contribution is -2.09. The smallest absolute Gasteiger partial charge is 0.137 e. The SMILES string of the molecule is c1ccc(-c2ccc(-c3ccc(N(c4ccc5c(c4)oc4ccc(-n6c7ccccc7c7ccccc76)cc45)c4ccc5c(c4)c4ccccc4n5-c4ccccc4)cc3)cc2)cc1. The molecule has 3 heterocycles. The Balaban J connectivity index is 0.950. The van der Waals surface area contributed by atoms with E-state index in [1.807, 2.05) is 0 Å². The van der Waals surface area contributed by atoms with Gasteiger partial charge in [0.1, 0.15) is 11.2 Å². The summed E-state index contributed by atoms with van der Waals surface area (Å²) in [6.45, 7) is 0. The number of furan rings is 1. The van der Waals surface area contributed by atoms with Crippen LogP contribution in [0.25, 0.3) is 99.2 Å². The number of para-hydroxylation sites is 4. The van der Waals surface area contributed by atoms with Gasteiger partial charge in [-0.15, -0.1) is 0 Å². The van der Waals surface area contributed by atoms with Gasteiger partial charge in [-0.25, -0.2) is 0 Å². The fourth-order valence-corrected chi connectivity index (χ4v) is 9.92. The van der Waals surface area contributed by atoms with Crippen molar-refractivity contribution in [3.8, 4) is 33.6 Å². The van der Waals surface area contributed by atoms with Crippen molar-refractivity contribution in [3.63, 3.8) is 0 Å². The minimum Gasteiger partial charge on any atom is -0.456 e. The van der Waals surface area contributed by atoms with Crippen LogP contribution in [0, 0.1) is 0 Å². The quantitative estimate of drug-likeness (QED) is 0.160. The minimum atomic E-state index is 0.841. The average molecular weight is 818 g/mol. The Morgan fingerprint density at radius 2 is 0.734 bits per heavy atom. The van der Waals surface area contributed by atoms with E-state index in [-0.39, 0.29) is 0 Å². The summed E-state index contributed by atoms with van der Waals surface area (Å²) in [6, 6.07) is 85.1. The first-order valence-electron chi connectivity index (χ1n) is 21.8. The topological polar surface area (TPSA) is 26.2 Å². The van der Waals surface area contributed by atoms with Gasteiger partial charge in [-0.1, -0.05) is 140 Å². The van der Waals surface area contributed by atoms with Crippen LogP contribution in [0.15, 0.2) is 241 Å². The zero-order valence-electron chi connectivity index (χ0n) is 34.8. The van der Waals surface area contributed by atoms with Gasteiger partial charge >= 0.3 is 0 Å². The molecule has 4 heteroatoms. The van der Waals surface area contributed by atoms with Crippen LogP contribution in [0.5, 0.6) is 0 Å². The Kier molecular flexibility index (Phi) is 8.18. The largest absolute Gasteiger partial charge is 0.456 e. The van der Waals surface area contributed by atoms with Crippen molar-refractivity contribution < 1.29 is 4.42 Å². The number of fused-ring (bicyclic) bond motifs is 9. The molecule has 0 saturated heterocycles. The number of aromatic nitrogens is 2. The number of anilines is 3. The van der Waals surface area contributed by atoms with Crippen molar-refractivity contribution in [1.82, 2.24) is 9.13 Å². The molecule has 300 valence electrons. The van der Waals surface area contributed by atoms with Crippen LogP contribution in [0.1, 0.15) is 0 Å². The molecule has 13 rings (SSSR count). The highest BCUT2D eigenvalue weighted by Gasteiger charge is 2.20. The van der Waals surface area contributed by atoms with Gasteiger partial charge in [0.2, 0.25) is 0 Å². The normalized spacial score (nSPS) is 11.8. The summed E-state index contributed by atoms with van der Waals surface area (Å²) < 4.78 is 11.5. The second-order valence-corrected chi connectivity index (χ2v) is 16.5. The van der Waals surface area contributed by atoms with E-state index in [2.05, 4.69) is 251 Å². The van der Waals surface area contributed by atoms with Gasteiger partial charge in [-0.3, -0.25) is 0 Å². The lowest BCUT2D eigenvalue weighted by molar-refractivity contribution is 0.669. The van der Waals surface area contributed by atoms with Crippen LogP contribution < -0.4 is 4.90 Å². The number of nitrogens with zero attached hydrogens (tertiary/aromatic N) is 3. The van der Waals surface area contributed by atoms with E-state index in [0.717, 1.165) is 61.5 Å². The lowest BCUT2D eigenvalue weighted by atomic mass is 10.00. The Morgan fingerprint density at radius 1 is 0.266 bits per heavy atom. The number of hydrogen-bond acceptors (Lipinski definition) is 2. The van der Waals surface area contributed by atoms with Gasteiger partial charge < -0.3 is 18.5 Å². The first kappa shape index (κ1) is 36.1. The minimum absolute atomic E-state index is 0.841. The third-order valence-corrected chi connectivity index (χ3v) is 12.9. The third-order valence-electron chi connectivity index (χ3n) is 12.9. The van der Waals surface area contributed by atoms with E-state index < -0.39 is 0 Å². The van der Waals surface area contributed by atoms with E-state index >= 15 is 0 Å². The Labute approximate surface area is 369 Å². The molecule has 3 aromatic heterocycles. The molecule has 0 saturated carbocycles. The van der Waals surface area contributed by atoms with Crippen molar-refractivity contribution in [1.29, 1.82) is 0 Å². The molecule has 0 amide bonds. The standard InChI is InChI=1S/C60H39N3O/c1-3-13-40(14-4-1)41-23-25-42(26-24-41)43-27-29-45(30-28-43)61(46-32-35-58-53(37-46)51-19-9-12-22-57(51)62(58)44-15-5-2-6-16-44)48-31-34-52-54-38-47(33-36-59(54)64-60(52)39-48)63-55-20-10-7-17-49(55)50-18-8-11-21-56(50)63/h1-39H. The molecule has 0 bridgehead atoms. The molecule has 0 unspecified atom stereocenters. The predicted molar refractivity (Wildman–Crippen MR) is 268 cm³/mol. The van der Waals surface area contributed by atoms with Crippen molar-refractivity contribution in [3.05, 3.63) is 237 Å². The van der Waals surface area contributed by atoms with Gasteiger partial charge in [0.05, 0.1) is 22.1 Å². The molecule has 0 radical (unpaired) electrons. The summed E-state index contributed by atoms with van der Waals surface area (Å²) in [5, 5.41) is 7.07. The molecule has 0 N–H and O–H groups in total. The Hall–Kier alpha value is -8.60. The molecule has 0 aliphatic carbocycles. The van der Waals surface area contributed by atoms with Crippen molar-refractivity contribution in [2.24, 2.45) is 0 Å². The van der Waals surface area contributed by atoms with E-state index in [1.165, 1.54) is 54.8 Å². The fraction of sp³-hybridized carbons (Fsp3) is 0. The van der Waals surface area contributed by atoms with Gasteiger partial charge in [-0.2, -0.15) is 0 Å². The third kappa shape index (κ3) is 5.77. The van der Waals surface area contributed by atoms with Crippen LogP contribution in [0.4, 0.5) is 17.1 Å². The molecular weight excluding hydrogens is 779 g/mol. The van der Waals surface area contributed by atoms with Gasteiger partial charge in [0.25, 0.3) is 0 Å². The molecule has 10 aromatic carbocycles. The van der Waals surface area contributed by atoms with E-state index in [9.17, 15) is 0 Å². The van der Waals surface area contributed by atoms with Crippen molar-refractivity contribution in [2.75, 3.05) is 4.90 Å². The van der Waals surface area contributed by atoms with E-state index in [1.54, 1.807) is 0 Å². The van der Waals surface area contributed by atoms with Crippen molar-refractivity contribution in [2.45, 2.75) is 0 Å². The molecule has 0 spiro atoms. The molecule has 64 heavy (non-hydrogen) atoms. The first-order chi connectivity index (χ1) is 31.7. The van der Waals surface area contributed by atoms with Crippen LogP contribution in [-0.2, 0) is 0 Å². The molecule has 0 fully saturated rings. The molecule has 0 aliphatic rings. The highest BCUT2D eigenvalue weighted by molar-refractivity contribution is 6.12. The maximum absolute atomic E-state index is 6.72. The number of benzene rings is 10. The van der Waals surface area contributed by atoms with Crippen LogP contribution in [-0.4, -0.2) is 9.13 Å². The molecule has 0 aliphatic heterocycles. The van der Waals surface area contributed by atoms with E-state index in [4.69, 9.17) is 4.42 Å². The maximum atomic E-state index is 6.72. The van der Waals surface area contributed by atoms with Crippen LogP contribution in [0.3, 0.4) is 0 Å². The highest BCUT2D eigenvalue weighted by atomic mass is 16.3. The number of rotatable bonds is 7. The summed E-state index contributed by atoms with van der Waals surface area (Å²) in [7, 11) is 0. The summed E-state index contributed by atoms with van der Waals surface area (Å²) in [4.78, 5) is 2.35. The monoisotopic (exact) mass is 817 g/mol. The predicted octanol–water partition coefficient (Wildman–Crippen LogP) is 16.6. The molecule has 4 nitrogen and oxygen atoms in total. The molecule has 0 atom stereocenters.